The summed E-state index contributed by atoms with van der Waals surface area (Å²) in [5.41, 5.74) is -0.883. The molecule has 1 aliphatic heterocycles. The number of likely N-dealkylation sites (tertiary alicyclic amines) is 1. The van der Waals surface area contributed by atoms with Crippen LogP contribution < -0.4 is 5.32 Å². The van der Waals surface area contributed by atoms with Crippen molar-refractivity contribution in [2.75, 3.05) is 13.1 Å². The van der Waals surface area contributed by atoms with E-state index < -0.39 is 23.6 Å². The molecule has 2 amide bonds. The summed E-state index contributed by atoms with van der Waals surface area (Å²) >= 11 is 0. The zero-order valence-corrected chi connectivity index (χ0v) is 11.8. The summed E-state index contributed by atoms with van der Waals surface area (Å²) < 4.78 is 0. The van der Waals surface area contributed by atoms with E-state index in [-0.39, 0.29) is 12.5 Å². The van der Waals surface area contributed by atoms with Crippen LogP contribution in [0.15, 0.2) is 0 Å². The van der Waals surface area contributed by atoms with Gasteiger partial charge in [0.05, 0.1) is 12.1 Å². The minimum Gasteiger partial charge on any atom is -0.480 e. The molecule has 1 heterocycles. The Morgan fingerprint density at radius 1 is 1.42 bits per heavy atom. The number of urea groups is 1. The highest BCUT2D eigenvalue weighted by molar-refractivity contribution is 5.82. The highest BCUT2D eigenvalue weighted by atomic mass is 16.4. The lowest BCUT2D eigenvalue weighted by atomic mass is 9.95. The quantitative estimate of drug-likeness (QED) is 0.713. The van der Waals surface area contributed by atoms with Gasteiger partial charge in [0.2, 0.25) is 0 Å². The van der Waals surface area contributed by atoms with E-state index in [1.807, 2.05) is 13.8 Å². The lowest BCUT2D eigenvalue weighted by molar-refractivity contribution is -0.139. The topological polar surface area (TPSA) is 89.9 Å². The van der Waals surface area contributed by atoms with E-state index in [9.17, 15) is 14.7 Å². The Morgan fingerprint density at radius 2 is 2.05 bits per heavy atom. The normalized spacial score (nSPS) is 25.2. The number of nitrogens with zero attached hydrogens (tertiary/aromatic N) is 1. The molecule has 1 fully saturated rings. The maximum atomic E-state index is 12.0. The molecule has 2 unspecified atom stereocenters. The highest BCUT2D eigenvalue weighted by Crippen LogP contribution is 2.20. The van der Waals surface area contributed by atoms with Crippen molar-refractivity contribution in [3.63, 3.8) is 0 Å². The average molecular weight is 272 g/mol. The van der Waals surface area contributed by atoms with E-state index >= 15 is 0 Å². The fraction of sp³-hybridized carbons (Fsp3) is 0.846. The van der Waals surface area contributed by atoms with Crippen molar-refractivity contribution in [2.45, 2.75) is 51.7 Å². The van der Waals surface area contributed by atoms with Gasteiger partial charge < -0.3 is 20.4 Å². The number of nitrogens with one attached hydrogen (secondary N) is 1. The zero-order valence-electron chi connectivity index (χ0n) is 11.8. The zero-order chi connectivity index (χ0) is 14.6. The molecule has 1 saturated heterocycles. The number of carboxylic acids is 1. The molecule has 6 nitrogen and oxygen atoms in total. The summed E-state index contributed by atoms with van der Waals surface area (Å²) in [5.74, 6) is -0.836. The minimum absolute atomic E-state index is 0.186. The van der Waals surface area contributed by atoms with Crippen LogP contribution >= 0.6 is 0 Å². The number of piperidine rings is 1. The Labute approximate surface area is 113 Å². The molecule has 2 atom stereocenters. The van der Waals surface area contributed by atoms with Crippen molar-refractivity contribution < 1.29 is 19.8 Å². The summed E-state index contributed by atoms with van der Waals surface area (Å²) in [7, 11) is 0. The summed E-state index contributed by atoms with van der Waals surface area (Å²) in [5, 5.41) is 21.6. The average Bonchev–Trinajstić information content (AvgIpc) is 2.25. The Balaban J connectivity index is 2.59. The number of hydrogen-bond acceptors (Lipinski definition) is 3. The maximum Gasteiger partial charge on any atom is 0.326 e. The van der Waals surface area contributed by atoms with Gasteiger partial charge in [-0.1, -0.05) is 13.8 Å². The standard InChI is InChI=1S/C13H24N2O4/c1-9(2)7-10(11(16)17)14-12(18)15-6-4-5-13(3,19)8-15/h9-10,19H,4-8H2,1-3H3,(H,14,18)(H,16,17). The van der Waals surface area contributed by atoms with Gasteiger partial charge in [0.1, 0.15) is 6.04 Å². The van der Waals surface area contributed by atoms with E-state index in [4.69, 9.17) is 5.11 Å². The molecule has 0 aromatic heterocycles. The number of carbonyl (C=O) groups is 2. The van der Waals surface area contributed by atoms with Crippen molar-refractivity contribution in [1.82, 2.24) is 10.2 Å². The van der Waals surface area contributed by atoms with Crippen molar-refractivity contribution in [3.05, 3.63) is 0 Å². The number of hydrogen-bond donors (Lipinski definition) is 3. The van der Waals surface area contributed by atoms with Crippen LogP contribution in [0.3, 0.4) is 0 Å². The molecule has 6 heteroatoms. The van der Waals surface area contributed by atoms with Crippen LogP contribution in [-0.4, -0.2) is 51.8 Å². The van der Waals surface area contributed by atoms with Crippen molar-refractivity contribution in [2.24, 2.45) is 5.92 Å². The first kappa shape index (κ1) is 15.8. The van der Waals surface area contributed by atoms with Crippen molar-refractivity contribution >= 4 is 12.0 Å². The largest absolute Gasteiger partial charge is 0.480 e. The van der Waals surface area contributed by atoms with Crippen LogP contribution in [0.1, 0.15) is 40.0 Å². The second-order valence-corrected chi connectivity index (χ2v) is 5.99. The molecule has 3 N–H and O–H groups in total. The summed E-state index contributed by atoms with van der Waals surface area (Å²) in [6, 6.07) is -1.28. The molecule has 1 rings (SSSR count). The van der Waals surface area contributed by atoms with E-state index in [0.29, 0.717) is 19.4 Å². The predicted molar refractivity (Wildman–Crippen MR) is 70.8 cm³/mol. The minimum atomic E-state index is -1.02. The van der Waals surface area contributed by atoms with Crippen LogP contribution in [0, 0.1) is 5.92 Å². The smallest absolute Gasteiger partial charge is 0.326 e. The molecular weight excluding hydrogens is 248 g/mol. The van der Waals surface area contributed by atoms with Crippen molar-refractivity contribution in [3.8, 4) is 0 Å². The number of amides is 2. The second-order valence-electron chi connectivity index (χ2n) is 5.99. The predicted octanol–water partition coefficient (Wildman–Crippen LogP) is 1.04. The third kappa shape index (κ3) is 5.06. The van der Waals surface area contributed by atoms with Gasteiger partial charge in [0.15, 0.2) is 0 Å². The summed E-state index contributed by atoms with van der Waals surface area (Å²) in [6.07, 6.45) is 1.78. The molecule has 0 radical (unpaired) electrons. The lowest BCUT2D eigenvalue weighted by Crippen LogP contribution is -2.54. The first-order valence-corrected chi connectivity index (χ1v) is 6.72. The van der Waals surface area contributed by atoms with E-state index in [1.165, 1.54) is 4.90 Å². The molecule has 0 saturated carbocycles. The lowest BCUT2D eigenvalue weighted by Gasteiger charge is -2.37. The number of carbonyl (C=O) groups excluding carboxylic acids is 1. The monoisotopic (exact) mass is 272 g/mol. The third-order valence-corrected chi connectivity index (χ3v) is 3.26. The first-order chi connectivity index (χ1) is 8.71. The van der Waals surface area contributed by atoms with Crippen LogP contribution in [-0.2, 0) is 4.79 Å². The van der Waals surface area contributed by atoms with Gasteiger partial charge in [-0.15, -0.1) is 0 Å². The summed E-state index contributed by atoms with van der Waals surface area (Å²) in [6.45, 7) is 6.31. The molecule has 0 bridgehead atoms. The van der Waals surface area contributed by atoms with E-state index in [1.54, 1.807) is 6.92 Å². The van der Waals surface area contributed by atoms with Crippen LogP contribution in [0.4, 0.5) is 4.79 Å². The van der Waals surface area contributed by atoms with Gasteiger partial charge in [-0.3, -0.25) is 0 Å². The molecular formula is C13H24N2O4. The Kier molecular flexibility index (Phi) is 5.17. The third-order valence-electron chi connectivity index (χ3n) is 3.26. The molecule has 0 spiro atoms. The number of β-amino-alcohol motifs (C(OH)–C–C–N with tert-alkyl or cyclic N) is 1. The maximum absolute atomic E-state index is 12.0. The Morgan fingerprint density at radius 3 is 2.53 bits per heavy atom. The van der Waals surface area contributed by atoms with Crippen LogP contribution in [0.2, 0.25) is 0 Å². The fourth-order valence-corrected chi connectivity index (χ4v) is 2.33. The second kappa shape index (κ2) is 6.23. The number of aliphatic hydroxyl groups is 1. The van der Waals surface area contributed by atoms with Gasteiger partial charge in [-0.2, -0.15) is 0 Å². The number of aliphatic carboxylic acids is 1. The SMILES string of the molecule is CC(C)CC(NC(=O)N1CCCC(C)(O)C1)C(=O)O. The van der Waals surface area contributed by atoms with Gasteiger partial charge in [-0.05, 0) is 32.1 Å². The molecule has 0 aliphatic carbocycles. The molecule has 0 aromatic carbocycles. The molecule has 1 aliphatic rings. The van der Waals surface area contributed by atoms with Crippen LogP contribution in [0.5, 0.6) is 0 Å². The van der Waals surface area contributed by atoms with Crippen LogP contribution in [0.25, 0.3) is 0 Å². The number of rotatable bonds is 4. The van der Waals surface area contributed by atoms with Gasteiger partial charge in [0.25, 0.3) is 0 Å². The number of carboxylic acid groups (broad SMARTS) is 1. The molecule has 0 aromatic rings. The van der Waals surface area contributed by atoms with Gasteiger partial charge >= 0.3 is 12.0 Å². The van der Waals surface area contributed by atoms with Gasteiger partial charge in [0, 0.05) is 6.54 Å². The van der Waals surface area contributed by atoms with Gasteiger partial charge in [-0.25, -0.2) is 9.59 Å². The van der Waals surface area contributed by atoms with E-state index in [0.717, 1.165) is 6.42 Å². The van der Waals surface area contributed by atoms with E-state index in [2.05, 4.69) is 5.32 Å². The Bertz CT molecular complexity index is 342. The first-order valence-electron chi connectivity index (χ1n) is 6.72. The fourth-order valence-electron chi connectivity index (χ4n) is 2.33. The molecule has 19 heavy (non-hydrogen) atoms. The summed E-state index contributed by atoms with van der Waals surface area (Å²) in [4.78, 5) is 24.6. The highest BCUT2D eigenvalue weighted by Gasteiger charge is 2.32. The molecule has 110 valence electrons. The Hall–Kier alpha value is -1.30. The van der Waals surface area contributed by atoms with Crippen molar-refractivity contribution in [1.29, 1.82) is 0 Å².